The van der Waals surface area contributed by atoms with Gasteiger partial charge in [-0.2, -0.15) is 0 Å². The number of fused-ring (bicyclic) bond motifs is 1. The Balaban J connectivity index is 2.16. The molecular weight excluding hydrogens is 184 g/mol. The molecule has 0 unspecified atom stereocenters. The van der Waals surface area contributed by atoms with Crippen LogP contribution >= 0.6 is 0 Å². The molecule has 0 bridgehead atoms. The molecule has 1 aromatic heterocycles. The Labute approximate surface area is 89.2 Å². The van der Waals surface area contributed by atoms with Gasteiger partial charge in [0.25, 0.3) is 0 Å². The van der Waals surface area contributed by atoms with Gasteiger partial charge in [0.05, 0.1) is 11.0 Å². The van der Waals surface area contributed by atoms with Crippen LogP contribution in [0.2, 0.25) is 0 Å². The predicted molar refractivity (Wildman–Crippen MR) is 62.5 cm³/mol. The van der Waals surface area contributed by atoms with Gasteiger partial charge in [0.15, 0.2) is 0 Å². The maximum atomic E-state index is 4.56. The van der Waals surface area contributed by atoms with Crippen molar-refractivity contribution < 1.29 is 0 Å². The Morgan fingerprint density at radius 3 is 2.93 bits per heavy atom. The average molecular weight is 198 g/mol. The van der Waals surface area contributed by atoms with Gasteiger partial charge in [0.1, 0.15) is 5.82 Å². The molecule has 15 heavy (non-hydrogen) atoms. The van der Waals surface area contributed by atoms with Gasteiger partial charge in [-0.15, -0.1) is 0 Å². The summed E-state index contributed by atoms with van der Waals surface area (Å²) in [7, 11) is 0. The van der Waals surface area contributed by atoms with Crippen LogP contribution in [0.3, 0.4) is 0 Å². The molecule has 1 fully saturated rings. The summed E-state index contributed by atoms with van der Waals surface area (Å²) in [5, 5.41) is 0. The molecule has 2 nitrogen and oxygen atoms in total. The Bertz CT molecular complexity index is 506. The molecule has 1 aliphatic carbocycles. The van der Waals surface area contributed by atoms with E-state index in [2.05, 4.69) is 34.3 Å². The highest BCUT2D eigenvalue weighted by atomic mass is 15.1. The fraction of sp³-hybridized carbons (Fsp3) is 0.308. The number of benzene rings is 1. The van der Waals surface area contributed by atoms with E-state index in [9.17, 15) is 0 Å². The largest absolute Gasteiger partial charge is 0.324 e. The second kappa shape index (κ2) is 3.23. The van der Waals surface area contributed by atoms with Crippen molar-refractivity contribution in [2.45, 2.75) is 19.4 Å². The number of hydrogen-bond donors (Lipinski definition) is 0. The summed E-state index contributed by atoms with van der Waals surface area (Å²) in [6, 6.07) is 8.30. The topological polar surface area (TPSA) is 17.8 Å². The van der Waals surface area contributed by atoms with Gasteiger partial charge in [-0.3, -0.25) is 0 Å². The zero-order valence-corrected chi connectivity index (χ0v) is 8.69. The lowest BCUT2D eigenvalue weighted by Gasteiger charge is -2.04. The highest BCUT2D eigenvalue weighted by molar-refractivity contribution is 5.77. The average Bonchev–Trinajstić information content (AvgIpc) is 3.01. The fourth-order valence-corrected chi connectivity index (χ4v) is 2.00. The van der Waals surface area contributed by atoms with E-state index in [1.807, 2.05) is 12.1 Å². The van der Waals surface area contributed by atoms with Gasteiger partial charge >= 0.3 is 0 Å². The summed E-state index contributed by atoms with van der Waals surface area (Å²) in [5.41, 5.74) is 2.31. The molecule has 0 aliphatic heterocycles. The molecule has 0 radical (unpaired) electrons. The third-order valence-electron chi connectivity index (χ3n) is 3.00. The van der Waals surface area contributed by atoms with Crippen LogP contribution in [0, 0.1) is 5.92 Å². The lowest BCUT2D eigenvalue weighted by molar-refractivity contribution is 0.637. The third-order valence-corrected chi connectivity index (χ3v) is 3.00. The molecule has 0 N–H and O–H groups in total. The molecule has 0 spiro atoms. The molecule has 0 amide bonds. The minimum absolute atomic E-state index is 0.862. The van der Waals surface area contributed by atoms with E-state index in [4.69, 9.17) is 0 Å². The first-order chi connectivity index (χ1) is 7.38. The summed E-state index contributed by atoms with van der Waals surface area (Å²) >= 11 is 0. The minimum atomic E-state index is 0.862. The maximum Gasteiger partial charge on any atom is 0.133 e. The van der Waals surface area contributed by atoms with Gasteiger partial charge in [0, 0.05) is 6.54 Å². The van der Waals surface area contributed by atoms with Crippen molar-refractivity contribution in [1.29, 1.82) is 0 Å². The molecule has 2 heteroatoms. The number of aromatic nitrogens is 2. The van der Waals surface area contributed by atoms with Crippen molar-refractivity contribution in [3.05, 3.63) is 36.7 Å². The van der Waals surface area contributed by atoms with E-state index in [0.29, 0.717) is 0 Å². The summed E-state index contributed by atoms with van der Waals surface area (Å²) in [6.07, 6.45) is 4.58. The first-order valence-electron chi connectivity index (χ1n) is 5.46. The second-order valence-electron chi connectivity index (χ2n) is 4.22. The lowest BCUT2D eigenvalue weighted by atomic mass is 10.3. The van der Waals surface area contributed by atoms with Crippen LogP contribution in [-0.4, -0.2) is 9.55 Å². The number of hydrogen-bond acceptors (Lipinski definition) is 1. The second-order valence-corrected chi connectivity index (χ2v) is 4.22. The Morgan fingerprint density at radius 2 is 2.20 bits per heavy atom. The lowest BCUT2D eigenvalue weighted by Crippen LogP contribution is -2.01. The molecule has 1 saturated carbocycles. The van der Waals surface area contributed by atoms with Crippen molar-refractivity contribution in [3.63, 3.8) is 0 Å². The van der Waals surface area contributed by atoms with Crippen molar-refractivity contribution >= 4 is 17.1 Å². The molecule has 2 aromatic rings. The molecule has 1 aromatic carbocycles. The van der Waals surface area contributed by atoms with Crippen LogP contribution in [0.4, 0.5) is 0 Å². The normalized spacial score (nSPS) is 15.7. The smallest absolute Gasteiger partial charge is 0.133 e. The first-order valence-corrected chi connectivity index (χ1v) is 5.46. The highest BCUT2D eigenvalue weighted by Gasteiger charge is 2.23. The monoisotopic (exact) mass is 198 g/mol. The standard InChI is InChI=1S/C13H14N2/c1-2-13-14-11-5-3-4-6-12(11)15(13)9-10-7-8-10/h2-6,10H,1,7-9H2. The summed E-state index contributed by atoms with van der Waals surface area (Å²) in [6.45, 7) is 4.93. The molecular formula is C13H14N2. The van der Waals surface area contributed by atoms with Crippen LogP contribution in [0.5, 0.6) is 0 Å². The number of para-hydroxylation sites is 2. The minimum Gasteiger partial charge on any atom is -0.324 e. The van der Waals surface area contributed by atoms with Gasteiger partial charge in [-0.25, -0.2) is 4.98 Å². The fourth-order valence-electron chi connectivity index (χ4n) is 2.00. The van der Waals surface area contributed by atoms with Crippen molar-refractivity contribution in [2.24, 2.45) is 5.92 Å². The molecule has 3 rings (SSSR count). The van der Waals surface area contributed by atoms with E-state index in [0.717, 1.165) is 23.8 Å². The Morgan fingerprint density at radius 1 is 1.40 bits per heavy atom. The molecule has 0 saturated heterocycles. The molecule has 76 valence electrons. The summed E-state index contributed by atoms with van der Waals surface area (Å²) < 4.78 is 2.29. The third kappa shape index (κ3) is 1.46. The van der Waals surface area contributed by atoms with E-state index < -0.39 is 0 Å². The van der Waals surface area contributed by atoms with Crippen molar-refractivity contribution in [3.8, 4) is 0 Å². The maximum absolute atomic E-state index is 4.56. The van der Waals surface area contributed by atoms with Crippen LogP contribution in [-0.2, 0) is 6.54 Å². The van der Waals surface area contributed by atoms with Gasteiger partial charge in [0.2, 0.25) is 0 Å². The van der Waals surface area contributed by atoms with Crippen LogP contribution < -0.4 is 0 Å². The van der Waals surface area contributed by atoms with E-state index in [-0.39, 0.29) is 0 Å². The van der Waals surface area contributed by atoms with Crippen molar-refractivity contribution in [1.82, 2.24) is 9.55 Å². The highest BCUT2D eigenvalue weighted by Crippen LogP contribution is 2.32. The van der Waals surface area contributed by atoms with E-state index >= 15 is 0 Å². The number of rotatable bonds is 3. The first kappa shape index (κ1) is 8.72. The molecule has 0 atom stereocenters. The van der Waals surface area contributed by atoms with E-state index in [1.54, 1.807) is 0 Å². The van der Waals surface area contributed by atoms with Crippen LogP contribution in [0.1, 0.15) is 18.7 Å². The molecule has 1 aliphatic rings. The van der Waals surface area contributed by atoms with Gasteiger partial charge < -0.3 is 4.57 Å². The number of nitrogens with zero attached hydrogens (tertiary/aromatic N) is 2. The summed E-state index contributed by atoms with van der Waals surface area (Å²) in [4.78, 5) is 4.56. The summed E-state index contributed by atoms with van der Waals surface area (Å²) in [5.74, 6) is 1.87. The van der Waals surface area contributed by atoms with Gasteiger partial charge in [-0.05, 0) is 37.0 Å². The predicted octanol–water partition coefficient (Wildman–Crippen LogP) is 3.09. The SMILES string of the molecule is C=Cc1nc2ccccc2n1CC1CC1. The quantitative estimate of drug-likeness (QED) is 0.741. The zero-order chi connectivity index (χ0) is 10.3. The zero-order valence-electron chi connectivity index (χ0n) is 8.69. The van der Waals surface area contributed by atoms with Crippen LogP contribution in [0.15, 0.2) is 30.8 Å². The van der Waals surface area contributed by atoms with Crippen LogP contribution in [0.25, 0.3) is 17.1 Å². The van der Waals surface area contributed by atoms with E-state index in [1.165, 1.54) is 18.4 Å². The molecule has 1 heterocycles. The Kier molecular flexibility index (Phi) is 1.88. The van der Waals surface area contributed by atoms with Gasteiger partial charge in [-0.1, -0.05) is 18.7 Å². The Hall–Kier alpha value is -1.57. The number of imidazole rings is 1. The van der Waals surface area contributed by atoms with Crippen molar-refractivity contribution in [2.75, 3.05) is 0 Å².